The Bertz CT molecular complexity index is 1870. The van der Waals surface area contributed by atoms with Crippen molar-refractivity contribution in [3.05, 3.63) is 73.1 Å². The summed E-state index contributed by atoms with van der Waals surface area (Å²) in [4.78, 5) is 34.0. The van der Waals surface area contributed by atoms with Gasteiger partial charge >= 0.3 is 0 Å². The number of amides is 1. The smallest absolute Gasteiger partial charge is 0.227 e. The predicted molar refractivity (Wildman–Crippen MR) is 151 cm³/mol. The first kappa shape index (κ1) is 24.1. The van der Waals surface area contributed by atoms with Crippen LogP contribution in [-0.4, -0.2) is 41.0 Å². The summed E-state index contributed by atoms with van der Waals surface area (Å²) in [6.07, 6.45) is 12.0. The number of anilines is 1. The number of halogens is 1. The van der Waals surface area contributed by atoms with E-state index in [1.807, 2.05) is 12.1 Å². The van der Waals surface area contributed by atoms with Gasteiger partial charge in [-0.3, -0.25) is 14.9 Å². The number of hydrogen-bond acceptors (Lipinski definition) is 6. The maximum atomic E-state index is 14.6. The number of carbonyl (C=O) groups excluding carboxylic acids is 1. The lowest BCUT2D eigenvalue weighted by molar-refractivity contribution is -0.120. The summed E-state index contributed by atoms with van der Waals surface area (Å²) in [6, 6.07) is 12.2. The number of rotatable bonds is 5. The summed E-state index contributed by atoms with van der Waals surface area (Å²) in [6.45, 7) is 0. The lowest BCUT2D eigenvalue weighted by Crippen LogP contribution is -2.24. The van der Waals surface area contributed by atoms with E-state index < -0.39 is 0 Å². The van der Waals surface area contributed by atoms with Crippen molar-refractivity contribution in [2.45, 2.75) is 32.1 Å². The van der Waals surface area contributed by atoms with Crippen LogP contribution in [0, 0.1) is 11.7 Å². The standard InChI is InChI=1S/C30H25FN8O/c31-24-9-5-4-8-21(24)22-10-11-33-28-25(22)36-29(37-28)26-23-13-19(15-34-27(23)39-38-26)18-12-20(16-32-14-18)35-30(40)17-6-2-1-3-7-17/h4-5,8-17H,1-3,6-7H2,(H,35,40)(H,33,36,37)(H,34,38,39). The molecule has 7 rings (SSSR count). The van der Waals surface area contributed by atoms with Gasteiger partial charge in [-0.25, -0.2) is 19.3 Å². The lowest BCUT2D eigenvalue weighted by Gasteiger charge is -2.20. The monoisotopic (exact) mass is 532 g/mol. The van der Waals surface area contributed by atoms with E-state index in [4.69, 9.17) is 0 Å². The third-order valence-corrected chi connectivity index (χ3v) is 7.52. The van der Waals surface area contributed by atoms with Gasteiger partial charge in [-0.15, -0.1) is 0 Å². The van der Waals surface area contributed by atoms with Crippen molar-refractivity contribution in [3.8, 4) is 33.8 Å². The molecule has 1 aromatic carbocycles. The molecule has 6 aromatic rings. The molecule has 1 saturated carbocycles. The second kappa shape index (κ2) is 9.96. The first-order valence-corrected chi connectivity index (χ1v) is 13.3. The number of imidazole rings is 1. The van der Waals surface area contributed by atoms with E-state index in [1.54, 1.807) is 49.1 Å². The molecular weight excluding hydrogens is 507 g/mol. The molecule has 1 aliphatic carbocycles. The zero-order valence-electron chi connectivity index (χ0n) is 21.5. The molecule has 1 fully saturated rings. The van der Waals surface area contributed by atoms with Crippen molar-refractivity contribution in [1.82, 2.24) is 35.1 Å². The number of carbonyl (C=O) groups is 1. The topological polar surface area (TPSA) is 125 Å². The number of aromatic nitrogens is 7. The van der Waals surface area contributed by atoms with Gasteiger partial charge in [0.15, 0.2) is 17.1 Å². The van der Waals surface area contributed by atoms with Gasteiger partial charge in [-0.05, 0) is 37.1 Å². The summed E-state index contributed by atoms with van der Waals surface area (Å²) in [5.41, 5.74) is 5.67. The minimum Gasteiger partial charge on any atom is -0.335 e. The van der Waals surface area contributed by atoms with Crippen molar-refractivity contribution < 1.29 is 9.18 Å². The SMILES string of the molecule is O=C(Nc1cncc(-c2cnc3n[nH]c(-c4nc5nccc(-c6ccccc6F)c5[nH]4)c3c2)c1)C1CCCCC1. The van der Waals surface area contributed by atoms with Crippen LogP contribution < -0.4 is 5.32 Å². The van der Waals surface area contributed by atoms with E-state index in [2.05, 4.69) is 40.4 Å². The number of H-pyrrole nitrogens is 2. The Labute approximate surface area is 228 Å². The quantitative estimate of drug-likeness (QED) is 0.240. The van der Waals surface area contributed by atoms with E-state index >= 15 is 0 Å². The number of nitrogens with one attached hydrogen (secondary N) is 3. The largest absolute Gasteiger partial charge is 0.335 e. The molecule has 0 bridgehead atoms. The zero-order valence-corrected chi connectivity index (χ0v) is 21.5. The first-order valence-electron chi connectivity index (χ1n) is 13.3. The maximum Gasteiger partial charge on any atom is 0.227 e. The van der Waals surface area contributed by atoms with Crippen LogP contribution >= 0.6 is 0 Å². The first-order chi connectivity index (χ1) is 19.6. The molecule has 40 heavy (non-hydrogen) atoms. The van der Waals surface area contributed by atoms with Gasteiger partial charge in [0, 0.05) is 46.8 Å². The van der Waals surface area contributed by atoms with E-state index in [-0.39, 0.29) is 17.6 Å². The second-order valence-electron chi connectivity index (χ2n) is 10.1. The van der Waals surface area contributed by atoms with Crippen LogP contribution in [0.2, 0.25) is 0 Å². The Morgan fingerprint density at radius 1 is 0.925 bits per heavy atom. The lowest BCUT2D eigenvalue weighted by atomic mass is 9.88. The van der Waals surface area contributed by atoms with Crippen LogP contribution in [0.3, 0.4) is 0 Å². The number of fused-ring (bicyclic) bond motifs is 2. The third kappa shape index (κ3) is 4.37. The second-order valence-corrected chi connectivity index (χ2v) is 10.1. The van der Waals surface area contributed by atoms with Crippen molar-refractivity contribution in [3.63, 3.8) is 0 Å². The molecule has 10 heteroatoms. The number of benzene rings is 1. The van der Waals surface area contributed by atoms with Crippen molar-refractivity contribution >= 4 is 33.8 Å². The van der Waals surface area contributed by atoms with Gasteiger partial charge in [0.2, 0.25) is 5.91 Å². The summed E-state index contributed by atoms with van der Waals surface area (Å²) in [5.74, 6) is 0.302. The third-order valence-electron chi connectivity index (χ3n) is 7.52. The predicted octanol–water partition coefficient (Wildman–Crippen LogP) is 6.28. The maximum absolute atomic E-state index is 14.6. The Morgan fingerprint density at radius 2 is 1.77 bits per heavy atom. The van der Waals surface area contributed by atoms with Crippen molar-refractivity contribution in [2.75, 3.05) is 5.32 Å². The molecule has 198 valence electrons. The van der Waals surface area contributed by atoms with E-state index in [1.165, 1.54) is 12.5 Å². The van der Waals surface area contributed by atoms with E-state index in [0.29, 0.717) is 45.1 Å². The normalized spacial score (nSPS) is 14.1. The minimum absolute atomic E-state index is 0.0533. The van der Waals surface area contributed by atoms with Gasteiger partial charge in [0.1, 0.15) is 11.5 Å². The number of pyridine rings is 3. The molecular formula is C30H25FN8O. The van der Waals surface area contributed by atoms with Gasteiger partial charge in [0.25, 0.3) is 0 Å². The van der Waals surface area contributed by atoms with Crippen LogP contribution in [0.15, 0.2) is 67.3 Å². The van der Waals surface area contributed by atoms with Crippen LogP contribution in [-0.2, 0) is 4.79 Å². The molecule has 5 aromatic heterocycles. The minimum atomic E-state index is -0.322. The number of hydrogen-bond donors (Lipinski definition) is 3. The van der Waals surface area contributed by atoms with E-state index in [9.17, 15) is 9.18 Å². The molecule has 5 heterocycles. The summed E-state index contributed by atoms with van der Waals surface area (Å²) in [5, 5.41) is 11.2. The number of nitrogens with zero attached hydrogens (tertiary/aromatic N) is 5. The Morgan fingerprint density at radius 3 is 2.65 bits per heavy atom. The highest BCUT2D eigenvalue weighted by Gasteiger charge is 2.22. The molecule has 0 unspecified atom stereocenters. The molecule has 1 amide bonds. The van der Waals surface area contributed by atoms with Gasteiger partial charge in [0.05, 0.1) is 22.8 Å². The molecule has 0 radical (unpaired) electrons. The molecule has 0 aliphatic heterocycles. The summed E-state index contributed by atoms with van der Waals surface area (Å²) in [7, 11) is 0. The summed E-state index contributed by atoms with van der Waals surface area (Å²) < 4.78 is 14.6. The highest BCUT2D eigenvalue weighted by atomic mass is 19.1. The van der Waals surface area contributed by atoms with Crippen LogP contribution in [0.25, 0.3) is 56.0 Å². The molecule has 0 saturated heterocycles. The Hall–Kier alpha value is -4.99. The van der Waals surface area contributed by atoms with Crippen LogP contribution in [0.5, 0.6) is 0 Å². The van der Waals surface area contributed by atoms with Crippen LogP contribution in [0.4, 0.5) is 10.1 Å². The number of aromatic amines is 2. The van der Waals surface area contributed by atoms with Gasteiger partial charge in [-0.2, -0.15) is 5.10 Å². The molecule has 1 aliphatic rings. The fourth-order valence-electron chi connectivity index (χ4n) is 5.45. The molecule has 0 atom stereocenters. The molecule has 0 spiro atoms. The average molecular weight is 533 g/mol. The zero-order chi connectivity index (χ0) is 27.1. The molecule has 3 N–H and O–H groups in total. The van der Waals surface area contributed by atoms with Crippen molar-refractivity contribution in [2.24, 2.45) is 5.92 Å². The van der Waals surface area contributed by atoms with Gasteiger partial charge in [-0.1, -0.05) is 37.5 Å². The fraction of sp³-hybridized carbons (Fsp3) is 0.200. The highest BCUT2D eigenvalue weighted by Crippen LogP contribution is 2.33. The fourth-order valence-corrected chi connectivity index (χ4v) is 5.45. The Kier molecular flexibility index (Phi) is 5.99. The Balaban J connectivity index is 1.23. The van der Waals surface area contributed by atoms with Gasteiger partial charge < -0.3 is 10.3 Å². The van der Waals surface area contributed by atoms with Crippen LogP contribution in [0.1, 0.15) is 32.1 Å². The highest BCUT2D eigenvalue weighted by molar-refractivity contribution is 5.97. The molecule has 9 nitrogen and oxygen atoms in total. The van der Waals surface area contributed by atoms with E-state index in [0.717, 1.165) is 42.2 Å². The summed E-state index contributed by atoms with van der Waals surface area (Å²) >= 11 is 0. The average Bonchev–Trinajstić information content (AvgIpc) is 3.62. The van der Waals surface area contributed by atoms with Crippen molar-refractivity contribution in [1.29, 1.82) is 0 Å².